The van der Waals surface area contributed by atoms with Crippen molar-refractivity contribution in [2.24, 2.45) is 4.99 Å². The summed E-state index contributed by atoms with van der Waals surface area (Å²) < 4.78 is 16.2. The summed E-state index contributed by atoms with van der Waals surface area (Å²) in [4.78, 5) is 29.9. The van der Waals surface area contributed by atoms with Crippen LogP contribution in [0.1, 0.15) is 25.5 Å². The monoisotopic (exact) mass is 469 g/mol. The van der Waals surface area contributed by atoms with E-state index >= 15 is 0 Å². The number of carbonyl (C=O) groups excluding carboxylic acids is 2. The van der Waals surface area contributed by atoms with Crippen LogP contribution in [0.3, 0.4) is 0 Å². The van der Waals surface area contributed by atoms with Gasteiger partial charge >= 0.3 is 5.97 Å². The maximum absolute atomic E-state index is 12.8. The van der Waals surface area contributed by atoms with Crippen LogP contribution in [0, 0.1) is 0 Å². The first-order valence-electron chi connectivity index (χ1n) is 10.4. The molecule has 2 aromatic rings. The third-order valence-corrected chi connectivity index (χ3v) is 5.73. The number of thioether (sulfide) groups is 1. The summed E-state index contributed by atoms with van der Waals surface area (Å²) in [5, 5.41) is 6.49. The summed E-state index contributed by atoms with van der Waals surface area (Å²) in [6, 6.07) is 13.9. The topological polar surface area (TPSA) is 98.2 Å². The van der Waals surface area contributed by atoms with Crippen LogP contribution in [0.4, 0.5) is 5.69 Å². The molecule has 8 nitrogen and oxygen atoms in total. The van der Waals surface area contributed by atoms with Gasteiger partial charge in [0.05, 0.1) is 32.2 Å². The fourth-order valence-corrected chi connectivity index (χ4v) is 4.07. The highest BCUT2D eigenvalue weighted by Gasteiger charge is 2.32. The van der Waals surface area contributed by atoms with E-state index in [0.29, 0.717) is 33.5 Å². The number of nitrogens with zero attached hydrogens (tertiary/aromatic N) is 1. The Morgan fingerprint density at radius 2 is 1.88 bits per heavy atom. The average molecular weight is 470 g/mol. The van der Waals surface area contributed by atoms with Crippen molar-refractivity contribution < 1.29 is 23.8 Å². The van der Waals surface area contributed by atoms with E-state index < -0.39 is 12.0 Å². The number of esters is 1. The zero-order valence-corrected chi connectivity index (χ0v) is 19.8. The molecule has 2 aromatic carbocycles. The Labute approximate surface area is 197 Å². The van der Waals surface area contributed by atoms with E-state index in [0.717, 1.165) is 5.69 Å². The van der Waals surface area contributed by atoms with Crippen LogP contribution in [-0.2, 0) is 14.3 Å². The summed E-state index contributed by atoms with van der Waals surface area (Å²) in [7, 11) is 3.12. The predicted octanol–water partition coefficient (Wildman–Crippen LogP) is 3.91. The molecule has 3 rings (SSSR count). The Bertz CT molecular complexity index is 1070. The fourth-order valence-electron chi connectivity index (χ4n) is 3.32. The molecule has 33 heavy (non-hydrogen) atoms. The van der Waals surface area contributed by atoms with Crippen molar-refractivity contribution in [1.29, 1.82) is 0 Å². The summed E-state index contributed by atoms with van der Waals surface area (Å²) in [6.07, 6.45) is 0. The second kappa shape index (κ2) is 11.4. The standard InChI is InChI=1S/C24H27N3O5S/c1-5-32-23(29)21-15(2)25-24(33-14-20(28)26-16-9-7-6-8-10-16)27-22(21)18-13-17(30-3)11-12-19(18)31-4/h6-13,22H,5,14H2,1-4H3,(H,25,27)(H,26,28)/t22-/m0/s1. The molecule has 1 amide bonds. The highest BCUT2D eigenvalue weighted by atomic mass is 32.2. The lowest BCUT2D eigenvalue weighted by Crippen LogP contribution is -2.31. The molecule has 9 heteroatoms. The molecule has 1 atom stereocenters. The molecule has 2 N–H and O–H groups in total. The van der Waals surface area contributed by atoms with Gasteiger partial charge in [-0.2, -0.15) is 0 Å². The molecule has 0 bridgehead atoms. The molecule has 0 unspecified atom stereocenters. The van der Waals surface area contributed by atoms with E-state index in [2.05, 4.69) is 10.6 Å². The van der Waals surface area contributed by atoms with Gasteiger partial charge in [0.2, 0.25) is 5.91 Å². The number of allylic oxidation sites excluding steroid dienone is 1. The zero-order chi connectivity index (χ0) is 23.8. The maximum Gasteiger partial charge on any atom is 0.338 e. The minimum Gasteiger partial charge on any atom is -0.497 e. The van der Waals surface area contributed by atoms with Gasteiger partial charge < -0.3 is 24.8 Å². The van der Waals surface area contributed by atoms with Crippen molar-refractivity contribution in [2.45, 2.75) is 19.9 Å². The van der Waals surface area contributed by atoms with Crippen LogP contribution in [-0.4, -0.2) is 43.6 Å². The first-order valence-corrected chi connectivity index (χ1v) is 11.4. The van der Waals surface area contributed by atoms with Gasteiger partial charge in [-0.25, -0.2) is 9.79 Å². The molecule has 1 heterocycles. The number of para-hydroxylation sites is 1. The number of ether oxygens (including phenoxy) is 3. The van der Waals surface area contributed by atoms with Gasteiger partial charge in [-0.15, -0.1) is 0 Å². The molecule has 0 radical (unpaired) electrons. The average Bonchev–Trinajstić information content (AvgIpc) is 2.82. The van der Waals surface area contributed by atoms with Gasteiger partial charge in [-0.05, 0) is 44.2 Å². The van der Waals surface area contributed by atoms with Gasteiger partial charge in [-0.1, -0.05) is 30.0 Å². The predicted molar refractivity (Wildman–Crippen MR) is 130 cm³/mol. The molecule has 1 aliphatic rings. The second-order valence-corrected chi connectivity index (χ2v) is 8.00. The Kier molecular flexibility index (Phi) is 8.37. The number of amidine groups is 1. The van der Waals surface area contributed by atoms with Gasteiger partial charge in [0, 0.05) is 16.9 Å². The minimum absolute atomic E-state index is 0.144. The third kappa shape index (κ3) is 6.07. The van der Waals surface area contributed by atoms with E-state index in [1.54, 1.807) is 46.3 Å². The number of methoxy groups -OCH3 is 2. The first kappa shape index (κ1) is 24.2. The van der Waals surface area contributed by atoms with Crippen LogP contribution in [0.5, 0.6) is 11.5 Å². The van der Waals surface area contributed by atoms with Gasteiger partial charge in [-0.3, -0.25) is 4.79 Å². The van der Waals surface area contributed by atoms with Crippen molar-refractivity contribution in [1.82, 2.24) is 5.32 Å². The Morgan fingerprint density at radius 3 is 2.55 bits per heavy atom. The molecule has 0 saturated heterocycles. The van der Waals surface area contributed by atoms with Crippen LogP contribution >= 0.6 is 11.8 Å². The lowest BCUT2D eigenvalue weighted by atomic mass is 9.95. The first-order chi connectivity index (χ1) is 16.0. The summed E-state index contributed by atoms with van der Waals surface area (Å²) in [6.45, 7) is 3.77. The smallest absolute Gasteiger partial charge is 0.338 e. The Hall–Kier alpha value is -3.46. The summed E-state index contributed by atoms with van der Waals surface area (Å²) in [5.74, 6) is 0.685. The number of amides is 1. The lowest BCUT2D eigenvalue weighted by Gasteiger charge is -2.27. The third-order valence-electron chi connectivity index (χ3n) is 4.84. The molecular formula is C24H27N3O5S. The number of rotatable bonds is 8. The molecule has 0 fully saturated rings. The molecule has 1 aliphatic heterocycles. The number of hydrogen-bond donors (Lipinski definition) is 2. The SMILES string of the molecule is CCOC(=O)C1=C(C)NC(SCC(=O)Nc2ccccc2)=N[C@H]1c1cc(OC)ccc1OC. The molecule has 0 aliphatic carbocycles. The molecule has 0 saturated carbocycles. The van der Waals surface area contributed by atoms with Crippen molar-refractivity contribution in [3.8, 4) is 11.5 Å². The van der Waals surface area contributed by atoms with Crippen molar-refractivity contribution in [2.75, 3.05) is 31.9 Å². The van der Waals surface area contributed by atoms with Crippen molar-refractivity contribution in [3.05, 3.63) is 65.4 Å². The van der Waals surface area contributed by atoms with Crippen molar-refractivity contribution >= 4 is 34.5 Å². The summed E-state index contributed by atoms with van der Waals surface area (Å²) >= 11 is 1.25. The van der Waals surface area contributed by atoms with E-state index in [-0.39, 0.29) is 18.3 Å². The zero-order valence-electron chi connectivity index (χ0n) is 19.0. The van der Waals surface area contributed by atoms with E-state index in [1.807, 2.05) is 30.3 Å². The number of nitrogens with one attached hydrogen (secondary N) is 2. The van der Waals surface area contributed by atoms with Crippen LogP contribution < -0.4 is 20.1 Å². The minimum atomic E-state index is -0.685. The van der Waals surface area contributed by atoms with E-state index in [9.17, 15) is 9.59 Å². The van der Waals surface area contributed by atoms with E-state index in [1.165, 1.54) is 11.8 Å². The maximum atomic E-state index is 12.8. The highest BCUT2D eigenvalue weighted by Crippen LogP contribution is 2.39. The fraction of sp³-hybridized carbons (Fsp3) is 0.292. The number of anilines is 1. The highest BCUT2D eigenvalue weighted by molar-refractivity contribution is 8.14. The van der Waals surface area contributed by atoms with Crippen molar-refractivity contribution in [3.63, 3.8) is 0 Å². The lowest BCUT2D eigenvalue weighted by molar-refractivity contribution is -0.139. The second-order valence-electron chi connectivity index (χ2n) is 7.03. The van der Waals surface area contributed by atoms with Crippen LogP contribution in [0.25, 0.3) is 0 Å². The van der Waals surface area contributed by atoms with Gasteiger partial charge in [0.15, 0.2) is 5.17 Å². The number of hydrogen-bond acceptors (Lipinski definition) is 8. The quantitative estimate of drug-likeness (QED) is 0.566. The Balaban J connectivity index is 1.88. The normalized spacial score (nSPS) is 15.3. The van der Waals surface area contributed by atoms with Crippen LogP contribution in [0.2, 0.25) is 0 Å². The number of carbonyl (C=O) groups is 2. The van der Waals surface area contributed by atoms with Crippen LogP contribution in [0.15, 0.2) is 64.8 Å². The number of aliphatic imine (C=N–C) groups is 1. The van der Waals surface area contributed by atoms with E-state index in [4.69, 9.17) is 19.2 Å². The molecular weight excluding hydrogens is 442 g/mol. The molecule has 174 valence electrons. The largest absolute Gasteiger partial charge is 0.497 e. The summed E-state index contributed by atoms with van der Waals surface area (Å²) in [5.41, 5.74) is 2.36. The Morgan fingerprint density at radius 1 is 1.12 bits per heavy atom. The number of benzene rings is 2. The molecule has 0 aromatic heterocycles. The molecule has 0 spiro atoms. The van der Waals surface area contributed by atoms with Gasteiger partial charge in [0.1, 0.15) is 17.5 Å². The van der Waals surface area contributed by atoms with Gasteiger partial charge in [0.25, 0.3) is 0 Å².